The molecule has 0 saturated heterocycles. The zero-order valence-corrected chi connectivity index (χ0v) is 6.89. The molecule has 1 heterocycles. The van der Waals surface area contributed by atoms with Crippen LogP contribution in [0.25, 0.3) is 0 Å². The standard InChI is InChI=1S/C7H9NO2S/c1-4-2-3-5(11-4)6(9)7(8)10/h2-3,6,9H,1H3,(H2,8,10). The van der Waals surface area contributed by atoms with Gasteiger partial charge < -0.3 is 10.8 Å². The second-order valence-electron chi connectivity index (χ2n) is 2.25. The molecule has 0 aliphatic carbocycles. The maximum atomic E-state index is 10.5. The number of carbonyl (C=O) groups excluding carboxylic acids is 1. The van der Waals surface area contributed by atoms with Crippen LogP contribution in [-0.4, -0.2) is 11.0 Å². The van der Waals surface area contributed by atoms with Gasteiger partial charge >= 0.3 is 0 Å². The van der Waals surface area contributed by atoms with Crippen molar-refractivity contribution in [3.05, 3.63) is 21.9 Å². The van der Waals surface area contributed by atoms with E-state index in [9.17, 15) is 4.79 Å². The van der Waals surface area contributed by atoms with Gasteiger partial charge in [0.2, 0.25) is 0 Å². The summed E-state index contributed by atoms with van der Waals surface area (Å²) in [5.41, 5.74) is 4.89. The first-order valence-electron chi connectivity index (χ1n) is 3.15. The van der Waals surface area contributed by atoms with E-state index in [4.69, 9.17) is 10.8 Å². The summed E-state index contributed by atoms with van der Waals surface area (Å²) in [7, 11) is 0. The maximum Gasteiger partial charge on any atom is 0.251 e. The number of primary amides is 1. The quantitative estimate of drug-likeness (QED) is 0.683. The predicted molar refractivity (Wildman–Crippen MR) is 43.2 cm³/mol. The van der Waals surface area contributed by atoms with Gasteiger partial charge in [-0.3, -0.25) is 4.79 Å². The third kappa shape index (κ3) is 1.78. The highest BCUT2D eigenvalue weighted by Gasteiger charge is 2.14. The summed E-state index contributed by atoms with van der Waals surface area (Å²) in [6.45, 7) is 1.90. The Labute approximate surface area is 68.5 Å². The molecule has 1 unspecified atom stereocenters. The molecule has 4 heteroatoms. The average Bonchev–Trinajstić information content (AvgIpc) is 2.34. The summed E-state index contributed by atoms with van der Waals surface area (Å²) in [6, 6.07) is 3.54. The van der Waals surface area contributed by atoms with Gasteiger partial charge in [0.05, 0.1) is 0 Å². The van der Waals surface area contributed by atoms with Crippen LogP contribution in [0.5, 0.6) is 0 Å². The molecule has 0 aliphatic rings. The van der Waals surface area contributed by atoms with Crippen molar-refractivity contribution in [3.63, 3.8) is 0 Å². The lowest BCUT2D eigenvalue weighted by Gasteiger charge is -2.00. The minimum atomic E-state index is -1.14. The Balaban J connectivity index is 2.84. The van der Waals surface area contributed by atoms with Crippen LogP contribution in [0.3, 0.4) is 0 Å². The Morgan fingerprint density at radius 2 is 2.36 bits per heavy atom. The van der Waals surface area contributed by atoms with E-state index < -0.39 is 12.0 Å². The van der Waals surface area contributed by atoms with Crippen LogP contribution < -0.4 is 5.73 Å². The summed E-state index contributed by atoms with van der Waals surface area (Å²) >= 11 is 1.37. The van der Waals surface area contributed by atoms with Gasteiger partial charge in [0.25, 0.3) is 5.91 Å². The molecule has 0 saturated carbocycles. The van der Waals surface area contributed by atoms with Crippen LogP contribution in [0.4, 0.5) is 0 Å². The number of aliphatic hydroxyl groups excluding tert-OH is 1. The first-order valence-corrected chi connectivity index (χ1v) is 3.96. The van der Waals surface area contributed by atoms with Crippen molar-refractivity contribution < 1.29 is 9.90 Å². The van der Waals surface area contributed by atoms with Crippen molar-refractivity contribution in [1.29, 1.82) is 0 Å². The number of hydrogen-bond acceptors (Lipinski definition) is 3. The summed E-state index contributed by atoms with van der Waals surface area (Å²) in [5, 5.41) is 9.15. The summed E-state index contributed by atoms with van der Waals surface area (Å²) in [4.78, 5) is 12.2. The molecule has 1 atom stereocenters. The first-order chi connectivity index (χ1) is 5.11. The maximum absolute atomic E-state index is 10.5. The summed E-state index contributed by atoms with van der Waals surface area (Å²) in [6.07, 6.45) is -1.14. The number of nitrogens with two attached hydrogens (primary N) is 1. The highest BCUT2D eigenvalue weighted by molar-refractivity contribution is 7.12. The number of thiophene rings is 1. The van der Waals surface area contributed by atoms with Crippen LogP contribution in [0.2, 0.25) is 0 Å². The minimum absolute atomic E-state index is 0.606. The molecule has 60 valence electrons. The van der Waals surface area contributed by atoms with E-state index in [1.165, 1.54) is 11.3 Å². The fraction of sp³-hybridized carbons (Fsp3) is 0.286. The van der Waals surface area contributed by atoms with Crippen molar-refractivity contribution in [2.75, 3.05) is 0 Å². The molecule has 1 amide bonds. The second-order valence-corrected chi connectivity index (χ2v) is 3.57. The number of amides is 1. The van der Waals surface area contributed by atoms with E-state index in [0.717, 1.165) is 4.88 Å². The second kappa shape index (κ2) is 3.02. The average molecular weight is 171 g/mol. The lowest BCUT2D eigenvalue weighted by Crippen LogP contribution is -2.19. The molecule has 0 radical (unpaired) electrons. The number of rotatable bonds is 2. The Morgan fingerprint density at radius 1 is 1.73 bits per heavy atom. The Bertz CT molecular complexity index is 269. The molecule has 0 aliphatic heterocycles. The molecule has 3 N–H and O–H groups in total. The third-order valence-corrected chi connectivity index (χ3v) is 2.35. The van der Waals surface area contributed by atoms with Crippen molar-refractivity contribution >= 4 is 17.2 Å². The molecule has 0 fully saturated rings. The van der Waals surface area contributed by atoms with E-state index in [1.807, 2.05) is 13.0 Å². The molecule has 0 aromatic carbocycles. The normalized spacial score (nSPS) is 12.9. The van der Waals surface area contributed by atoms with Gasteiger partial charge in [0.1, 0.15) is 0 Å². The first kappa shape index (κ1) is 8.23. The SMILES string of the molecule is Cc1ccc(C(O)C(N)=O)s1. The lowest BCUT2D eigenvalue weighted by molar-refractivity contribution is -0.126. The number of aryl methyl sites for hydroxylation is 1. The lowest BCUT2D eigenvalue weighted by atomic mass is 10.3. The van der Waals surface area contributed by atoms with Gasteiger partial charge in [0, 0.05) is 9.75 Å². The smallest absolute Gasteiger partial charge is 0.251 e. The largest absolute Gasteiger partial charge is 0.378 e. The van der Waals surface area contributed by atoms with E-state index in [-0.39, 0.29) is 0 Å². The van der Waals surface area contributed by atoms with Gasteiger partial charge in [0.15, 0.2) is 6.10 Å². The zero-order valence-electron chi connectivity index (χ0n) is 6.07. The van der Waals surface area contributed by atoms with Crippen LogP contribution in [0.1, 0.15) is 15.9 Å². The van der Waals surface area contributed by atoms with E-state index >= 15 is 0 Å². The third-order valence-electron chi connectivity index (χ3n) is 1.30. The fourth-order valence-corrected chi connectivity index (χ4v) is 1.61. The van der Waals surface area contributed by atoms with Crippen molar-refractivity contribution in [3.8, 4) is 0 Å². The van der Waals surface area contributed by atoms with Crippen molar-refractivity contribution in [2.45, 2.75) is 13.0 Å². The van der Waals surface area contributed by atoms with Gasteiger partial charge in [-0.15, -0.1) is 11.3 Å². The highest BCUT2D eigenvalue weighted by Crippen LogP contribution is 2.21. The molecule has 0 bridgehead atoms. The molecule has 0 spiro atoms. The van der Waals surface area contributed by atoms with E-state index in [0.29, 0.717) is 4.88 Å². The van der Waals surface area contributed by atoms with Gasteiger partial charge in [-0.05, 0) is 19.1 Å². The van der Waals surface area contributed by atoms with Crippen LogP contribution in [0.15, 0.2) is 12.1 Å². The zero-order chi connectivity index (χ0) is 8.43. The van der Waals surface area contributed by atoms with Gasteiger partial charge in [-0.1, -0.05) is 0 Å². The summed E-state index contributed by atoms with van der Waals surface area (Å²) in [5.74, 6) is -0.702. The van der Waals surface area contributed by atoms with Gasteiger partial charge in [-0.2, -0.15) is 0 Å². The molecule has 1 rings (SSSR count). The summed E-state index contributed by atoms with van der Waals surface area (Å²) < 4.78 is 0. The molecular weight excluding hydrogens is 162 g/mol. The van der Waals surface area contributed by atoms with Crippen LogP contribution in [0, 0.1) is 6.92 Å². The molecule has 1 aromatic heterocycles. The van der Waals surface area contributed by atoms with Crippen molar-refractivity contribution in [2.24, 2.45) is 5.73 Å². The number of aliphatic hydroxyl groups is 1. The van der Waals surface area contributed by atoms with Gasteiger partial charge in [-0.25, -0.2) is 0 Å². The highest BCUT2D eigenvalue weighted by atomic mass is 32.1. The number of hydrogen-bond donors (Lipinski definition) is 2. The van der Waals surface area contributed by atoms with Crippen molar-refractivity contribution in [1.82, 2.24) is 0 Å². The molecular formula is C7H9NO2S. The minimum Gasteiger partial charge on any atom is -0.378 e. The number of carbonyl (C=O) groups is 1. The van der Waals surface area contributed by atoms with E-state index in [1.54, 1.807) is 6.07 Å². The topological polar surface area (TPSA) is 63.3 Å². The van der Waals surface area contributed by atoms with Crippen LogP contribution >= 0.6 is 11.3 Å². The fourth-order valence-electron chi connectivity index (χ4n) is 0.741. The van der Waals surface area contributed by atoms with E-state index in [2.05, 4.69) is 0 Å². The predicted octanol–water partition coefficient (Wildman–Crippen LogP) is 0.575. The molecule has 11 heavy (non-hydrogen) atoms. The molecule has 1 aromatic rings. The Hall–Kier alpha value is -0.870. The monoisotopic (exact) mass is 171 g/mol. The van der Waals surface area contributed by atoms with Crippen LogP contribution in [-0.2, 0) is 4.79 Å². The molecule has 3 nitrogen and oxygen atoms in total. The Morgan fingerprint density at radius 3 is 2.73 bits per heavy atom. The Kier molecular flexibility index (Phi) is 2.26.